The second-order valence-corrected chi connectivity index (χ2v) is 3.33. The minimum atomic E-state index is 0.495. The van der Waals surface area contributed by atoms with Gasteiger partial charge in [-0.3, -0.25) is 9.97 Å². The van der Waals surface area contributed by atoms with Gasteiger partial charge in [0.2, 0.25) is 5.82 Å². The fourth-order valence-corrected chi connectivity index (χ4v) is 1.39. The SMILES string of the molecule is c1ccc(-c2nnn(-c3cccnc3)n2)nc1. The summed E-state index contributed by atoms with van der Waals surface area (Å²) in [6.45, 7) is 0. The summed E-state index contributed by atoms with van der Waals surface area (Å²) >= 11 is 0. The van der Waals surface area contributed by atoms with Crippen LogP contribution >= 0.6 is 0 Å². The topological polar surface area (TPSA) is 69.4 Å². The Morgan fingerprint density at radius 2 is 2.00 bits per heavy atom. The fraction of sp³-hybridized carbons (Fsp3) is 0. The molecular formula is C11H8N6. The summed E-state index contributed by atoms with van der Waals surface area (Å²) in [7, 11) is 0. The van der Waals surface area contributed by atoms with Gasteiger partial charge in [-0.05, 0) is 29.5 Å². The van der Waals surface area contributed by atoms with Crippen molar-refractivity contribution in [1.29, 1.82) is 0 Å². The van der Waals surface area contributed by atoms with Crippen LogP contribution in [0, 0.1) is 0 Å². The summed E-state index contributed by atoms with van der Waals surface area (Å²) in [5, 5.41) is 12.2. The minimum absolute atomic E-state index is 0.495. The molecule has 0 unspecified atom stereocenters. The smallest absolute Gasteiger partial charge is 0.223 e. The van der Waals surface area contributed by atoms with Crippen LogP contribution in [-0.4, -0.2) is 30.2 Å². The van der Waals surface area contributed by atoms with Gasteiger partial charge in [-0.2, -0.15) is 0 Å². The summed E-state index contributed by atoms with van der Waals surface area (Å²) in [4.78, 5) is 9.59. The van der Waals surface area contributed by atoms with Crippen molar-refractivity contribution in [2.75, 3.05) is 0 Å². The lowest BCUT2D eigenvalue weighted by Crippen LogP contribution is -1.99. The second kappa shape index (κ2) is 4.09. The number of hydrogen-bond acceptors (Lipinski definition) is 5. The van der Waals surface area contributed by atoms with Gasteiger partial charge in [0.05, 0.1) is 6.20 Å². The van der Waals surface area contributed by atoms with E-state index >= 15 is 0 Å². The van der Waals surface area contributed by atoms with Crippen LogP contribution in [0.3, 0.4) is 0 Å². The van der Waals surface area contributed by atoms with Gasteiger partial charge in [0.15, 0.2) is 0 Å². The molecule has 0 amide bonds. The number of rotatable bonds is 2. The van der Waals surface area contributed by atoms with E-state index in [1.165, 1.54) is 4.80 Å². The maximum absolute atomic E-state index is 4.24. The van der Waals surface area contributed by atoms with E-state index in [-0.39, 0.29) is 0 Å². The number of pyridine rings is 2. The van der Waals surface area contributed by atoms with Crippen molar-refractivity contribution in [3.05, 3.63) is 48.9 Å². The van der Waals surface area contributed by atoms with Crippen LogP contribution in [0.4, 0.5) is 0 Å². The molecule has 3 rings (SSSR count). The maximum Gasteiger partial charge on any atom is 0.223 e. The Morgan fingerprint density at radius 1 is 1.00 bits per heavy atom. The van der Waals surface area contributed by atoms with Crippen molar-refractivity contribution < 1.29 is 0 Å². The average Bonchev–Trinajstić information content (AvgIpc) is 2.90. The van der Waals surface area contributed by atoms with Crippen molar-refractivity contribution in [2.24, 2.45) is 0 Å². The van der Waals surface area contributed by atoms with Gasteiger partial charge in [-0.15, -0.1) is 15.0 Å². The molecule has 0 atom stereocenters. The molecule has 3 aromatic rings. The molecule has 0 aliphatic rings. The van der Waals surface area contributed by atoms with E-state index in [1.807, 2.05) is 30.3 Å². The Labute approximate surface area is 97.0 Å². The molecule has 0 N–H and O–H groups in total. The third-order valence-electron chi connectivity index (χ3n) is 2.18. The molecule has 0 aromatic carbocycles. The van der Waals surface area contributed by atoms with E-state index in [0.29, 0.717) is 11.5 Å². The van der Waals surface area contributed by atoms with E-state index in [9.17, 15) is 0 Å². The zero-order chi connectivity index (χ0) is 11.5. The third-order valence-corrected chi connectivity index (χ3v) is 2.18. The molecule has 6 nitrogen and oxygen atoms in total. The standard InChI is InChI=1S/C11H8N6/c1-2-7-13-10(5-1)11-14-16-17(15-11)9-4-3-6-12-8-9/h1-8H. The van der Waals surface area contributed by atoms with Crippen LogP contribution in [0.25, 0.3) is 17.2 Å². The quantitative estimate of drug-likeness (QED) is 0.652. The molecule has 82 valence electrons. The van der Waals surface area contributed by atoms with Crippen molar-refractivity contribution in [2.45, 2.75) is 0 Å². The number of hydrogen-bond donors (Lipinski definition) is 0. The zero-order valence-corrected chi connectivity index (χ0v) is 8.80. The first kappa shape index (κ1) is 9.59. The van der Waals surface area contributed by atoms with Crippen LogP contribution in [0.5, 0.6) is 0 Å². The van der Waals surface area contributed by atoms with Gasteiger partial charge in [0.25, 0.3) is 0 Å². The first-order valence-corrected chi connectivity index (χ1v) is 5.05. The summed E-state index contributed by atoms with van der Waals surface area (Å²) in [5.74, 6) is 0.495. The van der Waals surface area contributed by atoms with E-state index in [4.69, 9.17) is 0 Å². The summed E-state index contributed by atoms with van der Waals surface area (Å²) < 4.78 is 0. The average molecular weight is 224 g/mol. The lowest BCUT2D eigenvalue weighted by molar-refractivity contribution is 0.717. The van der Waals surface area contributed by atoms with Crippen LogP contribution in [-0.2, 0) is 0 Å². The molecule has 0 bridgehead atoms. The molecule has 3 aromatic heterocycles. The minimum Gasteiger partial charge on any atom is -0.262 e. The van der Waals surface area contributed by atoms with Crippen molar-refractivity contribution in [3.8, 4) is 17.2 Å². The van der Waals surface area contributed by atoms with Crippen LogP contribution in [0.15, 0.2) is 48.9 Å². The first-order valence-electron chi connectivity index (χ1n) is 5.05. The molecule has 0 fully saturated rings. The summed E-state index contributed by atoms with van der Waals surface area (Å²) in [6.07, 6.45) is 5.06. The molecule has 6 heteroatoms. The Morgan fingerprint density at radius 3 is 2.76 bits per heavy atom. The van der Waals surface area contributed by atoms with Crippen LogP contribution in [0.2, 0.25) is 0 Å². The highest BCUT2D eigenvalue weighted by Crippen LogP contribution is 2.10. The molecule has 17 heavy (non-hydrogen) atoms. The predicted octanol–water partition coefficient (Wildman–Crippen LogP) is 1.12. The largest absolute Gasteiger partial charge is 0.262 e. The van der Waals surface area contributed by atoms with Gasteiger partial charge >= 0.3 is 0 Å². The van der Waals surface area contributed by atoms with Gasteiger partial charge in [0, 0.05) is 12.4 Å². The zero-order valence-electron chi connectivity index (χ0n) is 8.80. The van der Waals surface area contributed by atoms with E-state index in [2.05, 4.69) is 25.4 Å². The number of tetrazole rings is 1. The highest BCUT2D eigenvalue weighted by Gasteiger charge is 2.07. The van der Waals surface area contributed by atoms with Crippen molar-refractivity contribution in [3.63, 3.8) is 0 Å². The first-order chi connectivity index (χ1) is 8.43. The third kappa shape index (κ3) is 1.87. The lowest BCUT2D eigenvalue weighted by atomic mass is 10.3. The molecule has 3 heterocycles. The number of nitrogens with zero attached hydrogens (tertiary/aromatic N) is 6. The highest BCUT2D eigenvalue weighted by atomic mass is 15.6. The molecule has 0 aliphatic heterocycles. The van der Waals surface area contributed by atoms with E-state index in [1.54, 1.807) is 18.6 Å². The van der Waals surface area contributed by atoms with Gasteiger partial charge in [0.1, 0.15) is 11.4 Å². The van der Waals surface area contributed by atoms with Crippen LogP contribution < -0.4 is 0 Å². The summed E-state index contributed by atoms with van der Waals surface area (Å²) in [5.41, 5.74) is 1.46. The second-order valence-electron chi connectivity index (χ2n) is 3.33. The molecule has 0 aliphatic carbocycles. The maximum atomic E-state index is 4.24. The van der Waals surface area contributed by atoms with Gasteiger partial charge in [-0.1, -0.05) is 6.07 Å². The van der Waals surface area contributed by atoms with Gasteiger partial charge in [-0.25, -0.2) is 0 Å². The van der Waals surface area contributed by atoms with E-state index in [0.717, 1.165) is 5.69 Å². The Bertz CT molecular complexity index is 550. The lowest BCUT2D eigenvalue weighted by Gasteiger charge is -1.95. The molecule has 0 spiro atoms. The molecular weight excluding hydrogens is 216 g/mol. The van der Waals surface area contributed by atoms with E-state index < -0.39 is 0 Å². The normalized spacial score (nSPS) is 10.4. The Balaban J connectivity index is 1.99. The van der Waals surface area contributed by atoms with Crippen molar-refractivity contribution >= 4 is 0 Å². The highest BCUT2D eigenvalue weighted by molar-refractivity contribution is 5.46. The fourth-order valence-electron chi connectivity index (χ4n) is 1.39. The molecule has 0 radical (unpaired) electrons. The summed E-state index contributed by atoms with van der Waals surface area (Å²) in [6, 6.07) is 9.24. The monoisotopic (exact) mass is 224 g/mol. The van der Waals surface area contributed by atoms with Gasteiger partial charge < -0.3 is 0 Å². The van der Waals surface area contributed by atoms with Crippen LogP contribution in [0.1, 0.15) is 0 Å². The predicted molar refractivity (Wildman–Crippen MR) is 60.2 cm³/mol. The molecule has 0 saturated heterocycles. The Hall–Kier alpha value is -2.63. The Kier molecular flexibility index (Phi) is 2.31. The number of aromatic nitrogens is 6. The van der Waals surface area contributed by atoms with Crippen molar-refractivity contribution in [1.82, 2.24) is 30.2 Å². The molecule has 0 saturated carbocycles.